The predicted octanol–water partition coefficient (Wildman–Crippen LogP) is 4.44. The summed E-state index contributed by atoms with van der Waals surface area (Å²) in [5.74, 6) is -0.354. The van der Waals surface area contributed by atoms with Gasteiger partial charge >= 0.3 is 5.97 Å². The molecule has 0 saturated heterocycles. The van der Waals surface area contributed by atoms with Crippen LogP contribution in [-0.4, -0.2) is 35.6 Å². The molecule has 4 rings (SSSR count). The van der Waals surface area contributed by atoms with Crippen LogP contribution in [0.25, 0.3) is 10.2 Å². The van der Waals surface area contributed by atoms with E-state index in [0.29, 0.717) is 16.4 Å². The second kappa shape index (κ2) is 8.69. The second-order valence-electron chi connectivity index (χ2n) is 7.24. The summed E-state index contributed by atoms with van der Waals surface area (Å²) in [5.41, 5.74) is 2.56. The highest BCUT2D eigenvalue weighted by Crippen LogP contribution is 2.38. The Labute approximate surface area is 182 Å². The number of nitrogens with one attached hydrogen (secondary N) is 1. The van der Waals surface area contributed by atoms with Gasteiger partial charge in [-0.1, -0.05) is 6.42 Å². The number of ether oxygens (including phenoxy) is 2. The van der Waals surface area contributed by atoms with Crippen LogP contribution < -0.4 is 10.1 Å². The lowest BCUT2D eigenvalue weighted by Gasteiger charge is -2.09. The fourth-order valence-corrected chi connectivity index (χ4v) is 5.99. The van der Waals surface area contributed by atoms with E-state index >= 15 is 0 Å². The number of amides is 1. The quantitative estimate of drug-likeness (QED) is 0.461. The molecule has 158 valence electrons. The molecule has 0 saturated carbocycles. The topological polar surface area (TPSA) is 90.4 Å². The van der Waals surface area contributed by atoms with Crippen molar-refractivity contribution in [3.05, 3.63) is 32.8 Å². The van der Waals surface area contributed by atoms with Gasteiger partial charge in [-0.15, -0.1) is 22.7 Å². The van der Waals surface area contributed by atoms with Crippen molar-refractivity contribution < 1.29 is 19.1 Å². The number of hydrogen-bond donors (Lipinski definition) is 1. The molecule has 0 aliphatic heterocycles. The number of aromatic nitrogens is 2. The number of methoxy groups -OCH3 is 1. The summed E-state index contributed by atoms with van der Waals surface area (Å²) in [7, 11) is 1.36. The highest BCUT2D eigenvalue weighted by Gasteiger charge is 2.26. The number of aryl methyl sites for hydroxylation is 3. The predicted molar refractivity (Wildman–Crippen MR) is 118 cm³/mol. The molecular formula is C21H23N3O4S2. The molecule has 30 heavy (non-hydrogen) atoms. The summed E-state index contributed by atoms with van der Waals surface area (Å²) in [6.07, 6.45) is 6.47. The fraction of sp³-hybridized carbons (Fsp3) is 0.429. The van der Waals surface area contributed by atoms with Crippen molar-refractivity contribution in [2.24, 2.45) is 0 Å². The van der Waals surface area contributed by atoms with E-state index in [4.69, 9.17) is 9.47 Å². The van der Waals surface area contributed by atoms with Crippen molar-refractivity contribution in [3.8, 4) is 5.88 Å². The first-order valence-electron chi connectivity index (χ1n) is 9.85. The molecule has 0 spiro atoms. The Kier molecular flexibility index (Phi) is 6.01. The van der Waals surface area contributed by atoms with Crippen LogP contribution in [0.2, 0.25) is 0 Å². The zero-order valence-electron chi connectivity index (χ0n) is 17.2. The molecule has 3 aromatic rings. The second-order valence-corrected chi connectivity index (χ2v) is 9.55. The minimum atomic E-state index is -0.410. The summed E-state index contributed by atoms with van der Waals surface area (Å²) in [4.78, 5) is 36.7. The first-order valence-corrected chi connectivity index (χ1v) is 11.5. The number of hydrogen-bond acceptors (Lipinski definition) is 8. The van der Waals surface area contributed by atoms with Crippen LogP contribution in [0.4, 0.5) is 5.00 Å². The van der Waals surface area contributed by atoms with Crippen LogP contribution in [0.1, 0.15) is 50.5 Å². The zero-order chi connectivity index (χ0) is 21.3. The lowest BCUT2D eigenvalue weighted by molar-refractivity contribution is -0.118. The summed E-state index contributed by atoms with van der Waals surface area (Å²) < 4.78 is 10.7. The van der Waals surface area contributed by atoms with Gasteiger partial charge in [0.15, 0.2) is 6.61 Å². The lowest BCUT2D eigenvalue weighted by Crippen LogP contribution is -2.21. The first kappa shape index (κ1) is 20.7. The smallest absolute Gasteiger partial charge is 0.341 e. The number of rotatable bonds is 5. The van der Waals surface area contributed by atoms with Crippen molar-refractivity contribution in [1.82, 2.24) is 9.97 Å². The van der Waals surface area contributed by atoms with E-state index < -0.39 is 5.97 Å². The Bertz CT molecular complexity index is 1120. The Morgan fingerprint density at radius 2 is 1.93 bits per heavy atom. The van der Waals surface area contributed by atoms with Crippen LogP contribution in [-0.2, 0) is 22.4 Å². The third-order valence-electron chi connectivity index (χ3n) is 5.33. The summed E-state index contributed by atoms with van der Waals surface area (Å²) in [6, 6.07) is 0. The average molecular weight is 446 g/mol. The number of nitrogens with zero attached hydrogens (tertiary/aromatic N) is 2. The van der Waals surface area contributed by atoms with Crippen molar-refractivity contribution in [2.45, 2.75) is 46.0 Å². The molecule has 0 radical (unpaired) electrons. The van der Waals surface area contributed by atoms with Crippen LogP contribution in [0.5, 0.6) is 5.88 Å². The molecule has 9 heteroatoms. The first-order chi connectivity index (χ1) is 14.5. The van der Waals surface area contributed by atoms with E-state index in [9.17, 15) is 9.59 Å². The molecule has 0 fully saturated rings. The third-order valence-corrected chi connectivity index (χ3v) is 7.66. The number of fused-ring (bicyclic) bond motifs is 2. The summed E-state index contributed by atoms with van der Waals surface area (Å²) >= 11 is 3.04. The van der Waals surface area contributed by atoms with Gasteiger partial charge in [-0.3, -0.25) is 4.79 Å². The normalized spacial score (nSPS) is 13.6. The van der Waals surface area contributed by atoms with E-state index in [0.717, 1.165) is 63.2 Å². The Balaban J connectivity index is 1.53. The molecular weight excluding hydrogens is 422 g/mol. The van der Waals surface area contributed by atoms with Crippen molar-refractivity contribution in [1.29, 1.82) is 0 Å². The molecule has 1 N–H and O–H groups in total. The molecule has 0 bridgehead atoms. The van der Waals surface area contributed by atoms with Gasteiger partial charge in [0.1, 0.15) is 16.2 Å². The van der Waals surface area contributed by atoms with Crippen LogP contribution >= 0.6 is 22.7 Å². The number of carbonyl (C=O) groups excluding carboxylic acids is 2. The van der Waals surface area contributed by atoms with E-state index in [1.165, 1.54) is 24.8 Å². The maximum Gasteiger partial charge on any atom is 0.341 e. The molecule has 1 aliphatic rings. The number of thiophene rings is 2. The molecule has 1 aliphatic carbocycles. The van der Waals surface area contributed by atoms with Gasteiger partial charge in [0.2, 0.25) is 5.88 Å². The summed E-state index contributed by atoms with van der Waals surface area (Å²) in [5, 5.41) is 4.23. The average Bonchev–Trinajstić information content (AvgIpc) is 3.11. The molecule has 1 amide bonds. The Morgan fingerprint density at radius 1 is 1.13 bits per heavy atom. The van der Waals surface area contributed by atoms with Crippen LogP contribution in [0, 0.1) is 13.8 Å². The summed E-state index contributed by atoms with van der Waals surface area (Å²) in [6.45, 7) is 3.81. The SMILES string of the molecule is COC(=O)c1c(NC(=O)COc2ncnc3sc(C)c(C)c23)sc2c1CCCCC2. The number of anilines is 1. The van der Waals surface area contributed by atoms with E-state index in [-0.39, 0.29) is 12.5 Å². The van der Waals surface area contributed by atoms with Crippen LogP contribution in [0.3, 0.4) is 0 Å². The third kappa shape index (κ3) is 3.91. The van der Waals surface area contributed by atoms with E-state index in [2.05, 4.69) is 15.3 Å². The standard InChI is InChI=1S/C21H23N3O4S2/c1-11-12(2)29-19-16(11)18(22-10-23-19)28-9-15(25)24-20-17(21(26)27-3)13-7-5-4-6-8-14(13)30-20/h10H,4-9H2,1-3H3,(H,24,25). The monoisotopic (exact) mass is 445 g/mol. The van der Waals surface area contributed by atoms with Crippen molar-refractivity contribution in [3.63, 3.8) is 0 Å². The molecule has 7 nitrogen and oxygen atoms in total. The Hall–Kier alpha value is -2.52. The Morgan fingerprint density at radius 3 is 2.73 bits per heavy atom. The van der Waals surface area contributed by atoms with Gasteiger partial charge in [-0.05, 0) is 50.7 Å². The van der Waals surface area contributed by atoms with Gasteiger partial charge < -0.3 is 14.8 Å². The fourth-order valence-electron chi connectivity index (χ4n) is 3.70. The van der Waals surface area contributed by atoms with E-state index in [1.54, 1.807) is 11.3 Å². The van der Waals surface area contributed by atoms with Crippen molar-refractivity contribution >= 4 is 49.8 Å². The van der Waals surface area contributed by atoms with Gasteiger partial charge in [0.05, 0.1) is 18.1 Å². The minimum Gasteiger partial charge on any atom is -0.467 e. The van der Waals surface area contributed by atoms with Crippen LogP contribution in [0.15, 0.2) is 6.33 Å². The maximum atomic E-state index is 12.6. The highest BCUT2D eigenvalue weighted by atomic mass is 32.1. The number of carbonyl (C=O) groups is 2. The van der Waals surface area contributed by atoms with Gasteiger partial charge in [-0.2, -0.15) is 0 Å². The van der Waals surface area contributed by atoms with Gasteiger partial charge in [-0.25, -0.2) is 14.8 Å². The minimum absolute atomic E-state index is 0.205. The van der Waals surface area contributed by atoms with E-state index in [1.807, 2.05) is 13.8 Å². The molecule has 0 aromatic carbocycles. The largest absolute Gasteiger partial charge is 0.467 e. The molecule has 0 unspecified atom stereocenters. The lowest BCUT2D eigenvalue weighted by atomic mass is 10.1. The van der Waals surface area contributed by atoms with Gasteiger partial charge in [0, 0.05) is 9.75 Å². The van der Waals surface area contributed by atoms with Gasteiger partial charge in [0.25, 0.3) is 5.91 Å². The molecule has 0 atom stereocenters. The maximum absolute atomic E-state index is 12.6. The number of esters is 1. The molecule has 3 aromatic heterocycles. The zero-order valence-corrected chi connectivity index (χ0v) is 18.8. The highest BCUT2D eigenvalue weighted by molar-refractivity contribution is 7.18. The molecule has 3 heterocycles. The van der Waals surface area contributed by atoms with Crippen molar-refractivity contribution in [2.75, 3.05) is 19.0 Å².